The van der Waals surface area contributed by atoms with E-state index in [1.54, 1.807) is 0 Å². The van der Waals surface area contributed by atoms with Crippen LogP contribution in [0.4, 0.5) is 4.79 Å². The molecule has 0 radical (unpaired) electrons. The molecule has 98 valence electrons. The number of primary amides is 1. The summed E-state index contributed by atoms with van der Waals surface area (Å²) in [6.07, 6.45) is 2.33. The Morgan fingerprint density at radius 2 is 1.89 bits per heavy atom. The molecule has 7 nitrogen and oxygen atoms in total. The molecule has 0 aromatic heterocycles. The molecule has 1 saturated carbocycles. The van der Waals surface area contributed by atoms with Crippen LogP contribution in [0.2, 0.25) is 0 Å². The van der Waals surface area contributed by atoms with E-state index in [4.69, 9.17) is 5.73 Å². The summed E-state index contributed by atoms with van der Waals surface area (Å²) in [6.45, 7) is 1.37. The van der Waals surface area contributed by atoms with Gasteiger partial charge in [-0.15, -0.1) is 0 Å². The van der Waals surface area contributed by atoms with Crippen LogP contribution in [0.5, 0.6) is 0 Å². The van der Waals surface area contributed by atoms with Crippen LogP contribution in [-0.2, 0) is 14.4 Å². The number of imide groups is 2. The molecule has 0 aromatic rings. The SMILES string of the molecule is CC(C(N)=O)N1C(=O)NC(=O)C2(CCCC2)C1=O. The van der Waals surface area contributed by atoms with E-state index in [9.17, 15) is 19.2 Å². The zero-order valence-electron chi connectivity index (χ0n) is 10.1. The van der Waals surface area contributed by atoms with Crippen molar-refractivity contribution >= 4 is 23.8 Å². The highest BCUT2D eigenvalue weighted by Gasteiger charge is 2.56. The van der Waals surface area contributed by atoms with Gasteiger partial charge in [-0.1, -0.05) is 12.8 Å². The highest BCUT2D eigenvalue weighted by molar-refractivity contribution is 6.20. The van der Waals surface area contributed by atoms with Crippen molar-refractivity contribution in [3.63, 3.8) is 0 Å². The number of carbonyl (C=O) groups is 4. The number of nitrogens with one attached hydrogen (secondary N) is 1. The Hall–Kier alpha value is -1.92. The molecule has 2 fully saturated rings. The molecule has 0 aromatic carbocycles. The topological polar surface area (TPSA) is 110 Å². The molecule has 1 saturated heterocycles. The second-order valence-electron chi connectivity index (χ2n) is 4.80. The van der Waals surface area contributed by atoms with E-state index in [2.05, 4.69) is 5.32 Å². The van der Waals surface area contributed by atoms with Gasteiger partial charge in [-0.05, 0) is 19.8 Å². The normalized spacial score (nSPS) is 24.3. The lowest BCUT2D eigenvalue weighted by atomic mass is 9.81. The van der Waals surface area contributed by atoms with Crippen molar-refractivity contribution in [2.24, 2.45) is 11.1 Å². The van der Waals surface area contributed by atoms with Gasteiger partial charge >= 0.3 is 6.03 Å². The van der Waals surface area contributed by atoms with Gasteiger partial charge in [0, 0.05) is 0 Å². The Morgan fingerprint density at radius 1 is 1.33 bits per heavy atom. The first-order valence-electron chi connectivity index (χ1n) is 5.88. The minimum Gasteiger partial charge on any atom is -0.368 e. The highest BCUT2D eigenvalue weighted by Crippen LogP contribution is 2.42. The van der Waals surface area contributed by atoms with Crippen LogP contribution in [0.15, 0.2) is 0 Å². The Bertz CT molecular complexity index is 440. The number of hydrogen-bond acceptors (Lipinski definition) is 4. The first kappa shape index (κ1) is 12.5. The van der Waals surface area contributed by atoms with Crippen LogP contribution in [0, 0.1) is 5.41 Å². The minimum absolute atomic E-state index is 0.410. The molecule has 1 unspecified atom stereocenters. The Balaban J connectivity index is 2.37. The molecular weight excluding hydrogens is 238 g/mol. The smallest absolute Gasteiger partial charge is 0.331 e. The van der Waals surface area contributed by atoms with Crippen molar-refractivity contribution in [2.75, 3.05) is 0 Å². The van der Waals surface area contributed by atoms with Crippen LogP contribution < -0.4 is 11.1 Å². The third-order valence-corrected chi connectivity index (χ3v) is 3.76. The van der Waals surface area contributed by atoms with Gasteiger partial charge < -0.3 is 5.73 Å². The van der Waals surface area contributed by atoms with E-state index in [0.29, 0.717) is 12.8 Å². The van der Waals surface area contributed by atoms with Gasteiger partial charge in [0.05, 0.1) is 0 Å². The molecule has 2 aliphatic rings. The zero-order valence-corrected chi connectivity index (χ0v) is 10.1. The largest absolute Gasteiger partial charge is 0.368 e. The van der Waals surface area contributed by atoms with Crippen molar-refractivity contribution in [2.45, 2.75) is 38.6 Å². The van der Waals surface area contributed by atoms with Crippen molar-refractivity contribution in [3.05, 3.63) is 0 Å². The molecule has 5 amide bonds. The lowest BCUT2D eigenvalue weighted by molar-refractivity contribution is -0.154. The monoisotopic (exact) mass is 253 g/mol. The van der Waals surface area contributed by atoms with E-state index in [-0.39, 0.29) is 0 Å². The summed E-state index contributed by atoms with van der Waals surface area (Å²) >= 11 is 0. The van der Waals surface area contributed by atoms with Gasteiger partial charge in [-0.2, -0.15) is 0 Å². The minimum atomic E-state index is -1.18. The molecule has 2 rings (SSSR count). The quantitative estimate of drug-likeness (QED) is 0.646. The van der Waals surface area contributed by atoms with Crippen LogP contribution in [0.3, 0.4) is 0 Å². The van der Waals surface area contributed by atoms with Gasteiger partial charge in [-0.3, -0.25) is 24.6 Å². The second kappa shape index (κ2) is 4.08. The fourth-order valence-corrected chi connectivity index (χ4v) is 2.60. The maximum absolute atomic E-state index is 12.4. The summed E-state index contributed by atoms with van der Waals surface area (Å²) in [5.74, 6) is -1.93. The van der Waals surface area contributed by atoms with Crippen LogP contribution in [-0.4, -0.2) is 34.7 Å². The van der Waals surface area contributed by atoms with Crippen LogP contribution >= 0.6 is 0 Å². The molecule has 3 N–H and O–H groups in total. The lowest BCUT2D eigenvalue weighted by Crippen LogP contribution is -2.66. The van der Waals surface area contributed by atoms with Crippen LogP contribution in [0.1, 0.15) is 32.6 Å². The molecule has 18 heavy (non-hydrogen) atoms. The molecule has 0 bridgehead atoms. The number of carbonyl (C=O) groups excluding carboxylic acids is 4. The average Bonchev–Trinajstić information content (AvgIpc) is 2.77. The summed E-state index contributed by atoms with van der Waals surface area (Å²) < 4.78 is 0. The first-order valence-corrected chi connectivity index (χ1v) is 5.88. The molecule has 1 spiro atoms. The van der Waals surface area contributed by atoms with E-state index in [0.717, 1.165) is 17.7 Å². The summed E-state index contributed by atoms with van der Waals surface area (Å²) in [4.78, 5) is 47.8. The van der Waals surface area contributed by atoms with Gasteiger partial charge in [0.2, 0.25) is 17.7 Å². The van der Waals surface area contributed by atoms with Crippen molar-refractivity contribution in [3.8, 4) is 0 Å². The summed E-state index contributed by atoms with van der Waals surface area (Å²) in [7, 11) is 0. The number of barbiturate groups is 1. The summed E-state index contributed by atoms with van der Waals surface area (Å²) in [5, 5.41) is 2.15. The Kier molecular flexibility index (Phi) is 2.84. The number of hydrogen-bond donors (Lipinski definition) is 2. The predicted octanol–water partition coefficient (Wildman–Crippen LogP) is -0.501. The molecule has 1 aliphatic carbocycles. The van der Waals surface area contributed by atoms with Gasteiger partial charge in [-0.25, -0.2) is 4.79 Å². The third-order valence-electron chi connectivity index (χ3n) is 3.76. The maximum Gasteiger partial charge on any atom is 0.331 e. The number of amides is 5. The Labute approximate surface area is 104 Å². The number of nitrogens with two attached hydrogens (primary N) is 1. The fraction of sp³-hybridized carbons (Fsp3) is 0.636. The van der Waals surface area contributed by atoms with Gasteiger partial charge in [0.15, 0.2) is 0 Å². The molecule has 1 aliphatic heterocycles. The van der Waals surface area contributed by atoms with E-state index in [1.165, 1.54) is 6.92 Å². The van der Waals surface area contributed by atoms with Crippen molar-refractivity contribution in [1.82, 2.24) is 10.2 Å². The number of urea groups is 1. The predicted molar refractivity (Wildman–Crippen MR) is 59.9 cm³/mol. The summed E-state index contributed by atoms with van der Waals surface area (Å²) in [6, 6.07) is -1.92. The van der Waals surface area contributed by atoms with Crippen molar-refractivity contribution in [1.29, 1.82) is 0 Å². The number of nitrogens with zero attached hydrogens (tertiary/aromatic N) is 1. The second-order valence-corrected chi connectivity index (χ2v) is 4.80. The van der Waals surface area contributed by atoms with E-state index in [1.807, 2.05) is 0 Å². The zero-order chi connectivity index (χ0) is 13.5. The Morgan fingerprint density at radius 3 is 2.39 bits per heavy atom. The first-order chi connectivity index (χ1) is 8.40. The maximum atomic E-state index is 12.4. The van der Waals surface area contributed by atoms with Gasteiger partial charge in [0.1, 0.15) is 11.5 Å². The molecule has 1 heterocycles. The highest BCUT2D eigenvalue weighted by atomic mass is 16.2. The summed E-state index contributed by atoms with van der Waals surface area (Å²) in [5.41, 5.74) is 3.93. The van der Waals surface area contributed by atoms with Crippen LogP contribution in [0.25, 0.3) is 0 Å². The fourth-order valence-electron chi connectivity index (χ4n) is 2.60. The van der Waals surface area contributed by atoms with Gasteiger partial charge in [0.25, 0.3) is 0 Å². The molecule has 1 atom stereocenters. The molecular formula is C11H15N3O4. The molecule has 7 heteroatoms. The third kappa shape index (κ3) is 1.58. The number of rotatable bonds is 2. The average molecular weight is 253 g/mol. The standard InChI is InChI=1S/C11H15N3O4/c1-6(7(12)15)14-9(17)11(4-2-3-5-11)8(16)13-10(14)18/h6H,2-5H2,1H3,(H2,12,15)(H,13,16,18). The van der Waals surface area contributed by atoms with Crippen molar-refractivity contribution < 1.29 is 19.2 Å². The van der Waals surface area contributed by atoms with E-state index >= 15 is 0 Å². The lowest BCUT2D eigenvalue weighted by Gasteiger charge is -2.38. The van der Waals surface area contributed by atoms with E-state index < -0.39 is 35.2 Å².